The van der Waals surface area contributed by atoms with Gasteiger partial charge in [-0.2, -0.15) is 4.21 Å². The van der Waals surface area contributed by atoms with E-state index in [4.69, 9.17) is 14.2 Å². The zero-order valence-electron chi connectivity index (χ0n) is 10.4. The number of methoxy groups -OCH3 is 3. The molecule has 6 nitrogen and oxygen atoms in total. The number of anilines is 1. The van der Waals surface area contributed by atoms with Crippen LogP contribution in [-0.4, -0.2) is 25.5 Å². The van der Waals surface area contributed by atoms with Crippen molar-refractivity contribution >= 4 is 17.0 Å². The number of nitrogens with one attached hydrogen (secondary N) is 1. The van der Waals surface area contributed by atoms with Crippen molar-refractivity contribution in [3.63, 3.8) is 0 Å². The summed E-state index contributed by atoms with van der Waals surface area (Å²) in [6.07, 6.45) is 1.08. The van der Waals surface area contributed by atoms with Gasteiger partial charge in [-0.15, -0.1) is 0 Å². The van der Waals surface area contributed by atoms with E-state index < -0.39 is 11.3 Å². The molecule has 0 aliphatic rings. The Balaban J connectivity index is 3.12. The number of rotatable bonds is 7. The Morgan fingerprint density at radius 1 is 1.17 bits per heavy atom. The maximum atomic E-state index is 11.4. The SMILES string of the molecule is C=COS(=O)Nc1ccc(OC)c(OC)c1OC. The minimum Gasteiger partial charge on any atom is -0.493 e. The lowest BCUT2D eigenvalue weighted by atomic mass is 10.2. The lowest BCUT2D eigenvalue weighted by Crippen LogP contribution is -2.07. The Morgan fingerprint density at radius 2 is 1.83 bits per heavy atom. The van der Waals surface area contributed by atoms with Gasteiger partial charge in [-0.3, -0.25) is 4.72 Å². The van der Waals surface area contributed by atoms with Gasteiger partial charge in [-0.05, 0) is 12.1 Å². The topological polar surface area (TPSA) is 66.0 Å². The third-order valence-corrected chi connectivity index (χ3v) is 2.75. The molecule has 1 unspecified atom stereocenters. The Hall–Kier alpha value is -1.89. The molecule has 100 valence electrons. The van der Waals surface area contributed by atoms with E-state index in [-0.39, 0.29) is 0 Å². The second kappa shape index (κ2) is 6.75. The van der Waals surface area contributed by atoms with Crippen molar-refractivity contribution in [2.24, 2.45) is 0 Å². The molecule has 0 spiro atoms. The number of benzene rings is 1. The fraction of sp³-hybridized carbons (Fsp3) is 0.273. The number of hydrogen-bond donors (Lipinski definition) is 1. The molecule has 1 aromatic carbocycles. The highest BCUT2D eigenvalue weighted by atomic mass is 32.2. The second-order valence-electron chi connectivity index (χ2n) is 2.98. The fourth-order valence-corrected chi connectivity index (χ4v) is 1.87. The Morgan fingerprint density at radius 3 is 2.33 bits per heavy atom. The largest absolute Gasteiger partial charge is 0.493 e. The molecule has 0 aromatic heterocycles. The average molecular weight is 273 g/mol. The molecule has 18 heavy (non-hydrogen) atoms. The molecule has 0 aliphatic carbocycles. The summed E-state index contributed by atoms with van der Waals surface area (Å²) in [5.74, 6) is 1.29. The molecular formula is C11H15NO5S. The first-order valence-electron chi connectivity index (χ1n) is 4.93. The maximum Gasteiger partial charge on any atom is 0.315 e. The van der Waals surface area contributed by atoms with E-state index in [0.717, 1.165) is 6.26 Å². The van der Waals surface area contributed by atoms with Crippen molar-refractivity contribution in [3.8, 4) is 17.2 Å². The van der Waals surface area contributed by atoms with E-state index in [9.17, 15) is 4.21 Å². The van der Waals surface area contributed by atoms with Crippen LogP contribution >= 0.6 is 0 Å². The molecule has 1 rings (SSSR count). The first-order valence-corrected chi connectivity index (χ1v) is 6.00. The molecule has 0 saturated heterocycles. The minimum absolute atomic E-state index is 0.373. The van der Waals surface area contributed by atoms with Gasteiger partial charge in [0.05, 0.1) is 33.3 Å². The third-order valence-electron chi connectivity index (χ3n) is 2.05. The van der Waals surface area contributed by atoms with Crippen LogP contribution in [0.5, 0.6) is 17.2 Å². The van der Waals surface area contributed by atoms with Gasteiger partial charge in [-0.1, -0.05) is 6.58 Å². The van der Waals surface area contributed by atoms with Crippen LogP contribution in [0.15, 0.2) is 25.0 Å². The summed E-state index contributed by atoms with van der Waals surface area (Å²) in [5, 5.41) is 0. The van der Waals surface area contributed by atoms with E-state index in [1.807, 2.05) is 0 Å². The minimum atomic E-state index is -1.75. The second-order valence-corrected chi connectivity index (χ2v) is 3.85. The average Bonchev–Trinajstić information content (AvgIpc) is 2.38. The van der Waals surface area contributed by atoms with Crippen molar-refractivity contribution in [3.05, 3.63) is 25.0 Å². The molecular weight excluding hydrogens is 258 g/mol. The van der Waals surface area contributed by atoms with Crippen LogP contribution in [0.3, 0.4) is 0 Å². The summed E-state index contributed by atoms with van der Waals surface area (Å²) >= 11 is -1.75. The normalized spacial score (nSPS) is 11.3. The zero-order chi connectivity index (χ0) is 13.5. The molecule has 1 N–H and O–H groups in total. The first kappa shape index (κ1) is 14.2. The molecule has 0 amide bonds. The standard InChI is InChI=1S/C11H15NO5S/c1-5-17-18(13)12-8-6-7-9(14-2)11(16-4)10(8)15-3/h5-7,12H,1H2,2-4H3. The van der Waals surface area contributed by atoms with Crippen molar-refractivity contribution < 1.29 is 22.6 Å². The van der Waals surface area contributed by atoms with Gasteiger partial charge < -0.3 is 18.4 Å². The Labute approximate surface area is 108 Å². The molecule has 1 atom stereocenters. The van der Waals surface area contributed by atoms with Crippen LogP contribution in [-0.2, 0) is 15.4 Å². The van der Waals surface area contributed by atoms with Crippen molar-refractivity contribution in [1.82, 2.24) is 0 Å². The Kier molecular flexibility index (Phi) is 5.31. The maximum absolute atomic E-state index is 11.4. The number of hydrogen-bond acceptors (Lipinski definition) is 5. The summed E-state index contributed by atoms with van der Waals surface area (Å²) < 4.78 is 34.2. The Bertz CT molecular complexity index is 449. The quantitative estimate of drug-likeness (QED) is 0.768. The summed E-state index contributed by atoms with van der Waals surface area (Å²) in [6.45, 7) is 3.31. The van der Waals surface area contributed by atoms with Crippen LogP contribution in [0, 0.1) is 0 Å². The van der Waals surface area contributed by atoms with Gasteiger partial charge >= 0.3 is 11.3 Å². The summed E-state index contributed by atoms with van der Waals surface area (Å²) in [7, 11) is 4.48. The highest BCUT2D eigenvalue weighted by Gasteiger charge is 2.17. The molecule has 7 heteroatoms. The molecule has 0 radical (unpaired) electrons. The molecule has 1 aromatic rings. The van der Waals surface area contributed by atoms with E-state index in [0.29, 0.717) is 22.9 Å². The van der Waals surface area contributed by atoms with Gasteiger partial charge in [0, 0.05) is 0 Å². The first-order chi connectivity index (χ1) is 8.67. The highest BCUT2D eigenvalue weighted by Crippen LogP contribution is 2.42. The smallest absolute Gasteiger partial charge is 0.315 e. The third kappa shape index (κ3) is 3.07. The van der Waals surface area contributed by atoms with E-state index in [1.54, 1.807) is 12.1 Å². The van der Waals surface area contributed by atoms with Crippen molar-refractivity contribution in [1.29, 1.82) is 0 Å². The lowest BCUT2D eigenvalue weighted by molar-refractivity contribution is 0.325. The van der Waals surface area contributed by atoms with Gasteiger partial charge in [0.1, 0.15) is 0 Å². The van der Waals surface area contributed by atoms with Crippen LogP contribution in [0.1, 0.15) is 0 Å². The van der Waals surface area contributed by atoms with Crippen molar-refractivity contribution in [2.75, 3.05) is 26.1 Å². The van der Waals surface area contributed by atoms with Gasteiger partial charge in [0.25, 0.3) is 0 Å². The number of ether oxygens (including phenoxy) is 3. The summed E-state index contributed by atoms with van der Waals surface area (Å²) in [6, 6.07) is 3.30. The predicted octanol–water partition coefficient (Wildman–Crippen LogP) is 1.86. The molecule has 0 heterocycles. The lowest BCUT2D eigenvalue weighted by Gasteiger charge is -2.15. The monoisotopic (exact) mass is 273 g/mol. The van der Waals surface area contributed by atoms with Crippen LogP contribution in [0.2, 0.25) is 0 Å². The zero-order valence-corrected chi connectivity index (χ0v) is 11.2. The van der Waals surface area contributed by atoms with E-state index in [1.165, 1.54) is 21.3 Å². The van der Waals surface area contributed by atoms with Crippen LogP contribution < -0.4 is 18.9 Å². The highest BCUT2D eigenvalue weighted by molar-refractivity contribution is 7.81. The van der Waals surface area contributed by atoms with Crippen molar-refractivity contribution in [2.45, 2.75) is 0 Å². The molecule has 0 aliphatic heterocycles. The van der Waals surface area contributed by atoms with Gasteiger partial charge in [0.15, 0.2) is 11.5 Å². The molecule has 0 bridgehead atoms. The van der Waals surface area contributed by atoms with Crippen LogP contribution in [0.25, 0.3) is 0 Å². The van der Waals surface area contributed by atoms with E-state index >= 15 is 0 Å². The van der Waals surface area contributed by atoms with Crippen LogP contribution in [0.4, 0.5) is 5.69 Å². The predicted molar refractivity (Wildman–Crippen MR) is 69.1 cm³/mol. The molecule has 0 fully saturated rings. The fourth-order valence-electron chi connectivity index (χ4n) is 1.36. The van der Waals surface area contributed by atoms with Gasteiger partial charge in [0.2, 0.25) is 5.75 Å². The summed E-state index contributed by atoms with van der Waals surface area (Å²) in [4.78, 5) is 0. The van der Waals surface area contributed by atoms with Gasteiger partial charge in [-0.25, -0.2) is 0 Å². The summed E-state index contributed by atoms with van der Waals surface area (Å²) in [5.41, 5.74) is 0.454. The van der Waals surface area contributed by atoms with E-state index in [2.05, 4.69) is 15.5 Å². The molecule has 0 saturated carbocycles.